The number of ether oxygens (including phenoxy) is 2. The predicted octanol–water partition coefficient (Wildman–Crippen LogP) is 3.66. The van der Waals surface area contributed by atoms with Gasteiger partial charge in [0.25, 0.3) is 0 Å². The Bertz CT molecular complexity index is 646. The molecule has 0 spiro atoms. The van der Waals surface area contributed by atoms with E-state index in [9.17, 15) is 4.79 Å². The second kappa shape index (κ2) is 6.65. The van der Waals surface area contributed by atoms with Crippen molar-refractivity contribution in [3.8, 4) is 5.75 Å². The van der Waals surface area contributed by atoms with E-state index in [2.05, 4.69) is 12.1 Å². The molecule has 0 saturated heterocycles. The Balaban J connectivity index is 1.63. The van der Waals surface area contributed by atoms with Crippen LogP contribution in [-0.4, -0.2) is 19.2 Å². The fraction of sp³-hybridized carbons (Fsp3) is 0.316. The molecule has 0 saturated carbocycles. The molecule has 0 fully saturated rings. The summed E-state index contributed by atoms with van der Waals surface area (Å²) >= 11 is 0. The van der Waals surface area contributed by atoms with E-state index < -0.39 is 0 Å². The second-order valence-electron chi connectivity index (χ2n) is 5.61. The van der Waals surface area contributed by atoms with Crippen LogP contribution in [0.1, 0.15) is 28.4 Å². The summed E-state index contributed by atoms with van der Waals surface area (Å²) in [6.07, 6.45) is 1.99. The topological polar surface area (TPSA) is 35.5 Å². The summed E-state index contributed by atoms with van der Waals surface area (Å²) in [7, 11) is 0. The fourth-order valence-electron chi connectivity index (χ4n) is 2.85. The van der Waals surface area contributed by atoms with Crippen LogP contribution in [0.4, 0.5) is 0 Å². The Kier molecular flexibility index (Phi) is 4.42. The summed E-state index contributed by atoms with van der Waals surface area (Å²) in [5.41, 5.74) is 3.11. The molecule has 3 nitrogen and oxygen atoms in total. The van der Waals surface area contributed by atoms with E-state index in [4.69, 9.17) is 9.47 Å². The Morgan fingerprint density at radius 1 is 1.18 bits per heavy atom. The fourth-order valence-corrected chi connectivity index (χ4v) is 2.85. The van der Waals surface area contributed by atoms with E-state index in [1.165, 1.54) is 11.1 Å². The summed E-state index contributed by atoms with van der Waals surface area (Å²) in [6.45, 7) is 2.96. The molecule has 22 heavy (non-hydrogen) atoms. The molecule has 3 heteroatoms. The van der Waals surface area contributed by atoms with Crippen molar-refractivity contribution in [2.75, 3.05) is 13.2 Å². The SMILES string of the molecule is CCOC(=O)c1ccc(CC2COc3ccccc3C2)cc1. The quantitative estimate of drug-likeness (QED) is 0.808. The van der Waals surface area contributed by atoms with Crippen molar-refractivity contribution in [1.82, 2.24) is 0 Å². The van der Waals surface area contributed by atoms with Gasteiger partial charge in [-0.2, -0.15) is 0 Å². The van der Waals surface area contributed by atoms with Crippen molar-refractivity contribution in [1.29, 1.82) is 0 Å². The van der Waals surface area contributed by atoms with Gasteiger partial charge in [0, 0.05) is 5.92 Å². The number of benzene rings is 2. The largest absolute Gasteiger partial charge is 0.493 e. The zero-order chi connectivity index (χ0) is 15.4. The van der Waals surface area contributed by atoms with Crippen LogP contribution in [0.5, 0.6) is 5.75 Å². The van der Waals surface area contributed by atoms with E-state index in [1.54, 1.807) is 0 Å². The van der Waals surface area contributed by atoms with Gasteiger partial charge in [0.2, 0.25) is 0 Å². The van der Waals surface area contributed by atoms with Gasteiger partial charge < -0.3 is 9.47 Å². The number of para-hydroxylation sites is 1. The van der Waals surface area contributed by atoms with Crippen LogP contribution in [0, 0.1) is 5.92 Å². The molecule has 0 bridgehead atoms. The number of esters is 1. The highest BCUT2D eigenvalue weighted by Crippen LogP contribution is 2.28. The second-order valence-corrected chi connectivity index (χ2v) is 5.61. The molecule has 1 aliphatic rings. The summed E-state index contributed by atoms with van der Waals surface area (Å²) in [4.78, 5) is 11.6. The lowest BCUT2D eigenvalue weighted by molar-refractivity contribution is 0.0526. The number of hydrogen-bond donors (Lipinski definition) is 0. The van der Waals surface area contributed by atoms with Crippen molar-refractivity contribution in [3.05, 3.63) is 65.2 Å². The predicted molar refractivity (Wildman–Crippen MR) is 85.2 cm³/mol. The first kappa shape index (κ1) is 14.6. The number of fused-ring (bicyclic) bond motifs is 1. The Labute approximate surface area is 130 Å². The molecule has 0 aromatic heterocycles. The van der Waals surface area contributed by atoms with Gasteiger partial charge in [-0.1, -0.05) is 30.3 Å². The van der Waals surface area contributed by atoms with Gasteiger partial charge in [-0.3, -0.25) is 0 Å². The highest BCUT2D eigenvalue weighted by molar-refractivity contribution is 5.89. The molecule has 0 N–H and O–H groups in total. The molecule has 0 aliphatic carbocycles. The Hall–Kier alpha value is -2.29. The zero-order valence-corrected chi connectivity index (χ0v) is 12.7. The monoisotopic (exact) mass is 296 g/mol. The van der Waals surface area contributed by atoms with Crippen LogP contribution in [0.25, 0.3) is 0 Å². The van der Waals surface area contributed by atoms with E-state index in [0.29, 0.717) is 18.1 Å². The number of carbonyl (C=O) groups excluding carboxylic acids is 1. The molecule has 3 rings (SSSR count). The highest BCUT2D eigenvalue weighted by Gasteiger charge is 2.19. The summed E-state index contributed by atoms with van der Waals surface area (Å²) in [6, 6.07) is 15.9. The molecule has 1 unspecified atom stereocenters. The lowest BCUT2D eigenvalue weighted by Gasteiger charge is -2.25. The standard InChI is InChI=1S/C19H20O3/c1-2-21-19(20)16-9-7-14(8-10-16)11-15-12-17-5-3-4-6-18(17)22-13-15/h3-10,15H,2,11-13H2,1H3. The maximum Gasteiger partial charge on any atom is 0.338 e. The minimum absolute atomic E-state index is 0.260. The lowest BCUT2D eigenvalue weighted by Crippen LogP contribution is -2.22. The van der Waals surface area contributed by atoms with Gasteiger partial charge in [-0.25, -0.2) is 4.79 Å². The van der Waals surface area contributed by atoms with Crippen LogP contribution in [0.2, 0.25) is 0 Å². The first-order valence-electron chi connectivity index (χ1n) is 7.73. The molecular weight excluding hydrogens is 276 g/mol. The van der Waals surface area contributed by atoms with Crippen LogP contribution in [-0.2, 0) is 17.6 Å². The van der Waals surface area contributed by atoms with Gasteiger partial charge in [-0.05, 0) is 49.1 Å². The first-order chi connectivity index (χ1) is 10.8. The van der Waals surface area contributed by atoms with Gasteiger partial charge in [0.05, 0.1) is 18.8 Å². The third kappa shape index (κ3) is 3.30. The summed E-state index contributed by atoms with van der Waals surface area (Å²) in [5, 5.41) is 0. The van der Waals surface area contributed by atoms with E-state index in [1.807, 2.05) is 43.3 Å². The Morgan fingerprint density at radius 2 is 1.95 bits per heavy atom. The third-order valence-electron chi connectivity index (χ3n) is 3.95. The normalized spacial score (nSPS) is 16.5. The van der Waals surface area contributed by atoms with Crippen molar-refractivity contribution in [2.24, 2.45) is 5.92 Å². The highest BCUT2D eigenvalue weighted by atomic mass is 16.5. The molecular formula is C19H20O3. The summed E-state index contributed by atoms with van der Waals surface area (Å²) in [5.74, 6) is 1.23. The third-order valence-corrected chi connectivity index (χ3v) is 3.95. The molecule has 114 valence electrons. The van der Waals surface area contributed by atoms with Crippen LogP contribution in [0.3, 0.4) is 0 Å². The average Bonchev–Trinajstić information content (AvgIpc) is 2.56. The molecule has 1 atom stereocenters. The van der Waals surface area contributed by atoms with E-state index in [-0.39, 0.29) is 5.97 Å². The average molecular weight is 296 g/mol. The molecule has 1 heterocycles. The number of carbonyl (C=O) groups is 1. The van der Waals surface area contributed by atoms with Crippen molar-refractivity contribution in [3.63, 3.8) is 0 Å². The minimum Gasteiger partial charge on any atom is -0.493 e. The minimum atomic E-state index is -0.260. The van der Waals surface area contributed by atoms with Gasteiger partial charge in [-0.15, -0.1) is 0 Å². The van der Waals surface area contributed by atoms with Crippen molar-refractivity contribution in [2.45, 2.75) is 19.8 Å². The van der Waals surface area contributed by atoms with Crippen LogP contribution >= 0.6 is 0 Å². The number of rotatable bonds is 4. The van der Waals surface area contributed by atoms with Crippen LogP contribution < -0.4 is 4.74 Å². The van der Waals surface area contributed by atoms with E-state index >= 15 is 0 Å². The van der Waals surface area contributed by atoms with E-state index in [0.717, 1.165) is 25.2 Å². The molecule has 0 radical (unpaired) electrons. The smallest absolute Gasteiger partial charge is 0.338 e. The molecule has 2 aromatic carbocycles. The number of hydrogen-bond acceptors (Lipinski definition) is 3. The Morgan fingerprint density at radius 3 is 2.73 bits per heavy atom. The maximum absolute atomic E-state index is 11.6. The summed E-state index contributed by atoms with van der Waals surface area (Å²) < 4.78 is 10.8. The van der Waals surface area contributed by atoms with Gasteiger partial charge in [0.15, 0.2) is 0 Å². The lowest BCUT2D eigenvalue weighted by atomic mass is 9.91. The van der Waals surface area contributed by atoms with Crippen molar-refractivity contribution < 1.29 is 14.3 Å². The first-order valence-corrected chi connectivity index (χ1v) is 7.73. The molecule has 2 aromatic rings. The van der Waals surface area contributed by atoms with Crippen LogP contribution in [0.15, 0.2) is 48.5 Å². The van der Waals surface area contributed by atoms with Gasteiger partial charge >= 0.3 is 5.97 Å². The van der Waals surface area contributed by atoms with Gasteiger partial charge in [0.1, 0.15) is 5.75 Å². The molecule has 1 aliphatic heterocycles. The van der Waals surface area contributed by atoms with Crippen molar-refractivity contribution >= 4 is 5.97 Å². The maximum atomic E-state index is 11.6. The zero-order valence-electron chi connectivity index (χ0n) is 12.7. The molecule has 0 amide bonds.